The van der Waals surface area contributed by atoms with E-state index >= 15 is 0 Å². The van der Waals surface area contributed by atoms with Gasteiger partial charge in [-0.2, -0.15) is 0 Å². The van der Waals surface area contributed by atoms with Gasteiger partial charge in [0.15, 0.2) is 6.29 Å². The second-order valence-corrected chi connectivity index (χ2v) is 3.66. The molecule has 0 saturated carbocycles. The molecule has 1 aliphatic heterocycles. The minimum absolute atomic E-state index is 0.0220. The molecule has 1 radical (unpaired) electrons. The Bertz CT molecular complexity index is 322. The Labute approximate surface area is 84.8 Å². The zero-order chi connectivity index (χ0) is 10.1. The van der Waals surface area contributed by atoms with Gasteiger partial charge in [0.25, 0.3) is 0 Å². The van der Waals surface area contributed by atoms with Crippen LogP contribution in [0, 0.1) is 13.8 Å². The van der Waals surface area contributed by atoms with Gasteiger partial charge in [-0.25, -0.2) is 0 Å². The van der Waals surface area contributed by atoms with Crippen molar-refractivity contribution in [1.29, 1.82) is 0 Å². The normalized spacial score (nSPS) is 32.1. The summed E-state index contributed by atoms with van der Waals surface area (Å²) in [4.78, 5) is 0. The lowest BCUT2D eigenvalue weighted by Crippen LogP contribution is -2.11. The number of ether oxygens (including phenoxy) is 2. The summed E-state index contributed by atoms with van der Waals surface area (Å²) >= 11 is 0. The number of benzene rings is 1. The highest BCUT2D eigenvalue weighted by molar-refractivity contribution is 5.29. The van der Waals surface area contributed by atoms with Crippen LogP contribution in [0.15, 0.2) is 24.3 Å². The van der Waals surface area contributed by atoms with Crippen LogP contribution in [-0.4, -0.2) is 12.4 Å². The Hall–Kier alpha value is -0.860. The molecule has 0 aromatic heterocycles. The van der Waals surface area contributed by atoms with Crippen molar-refractivity contribution in [2.45, 2.75) is 32.3 Å². The van der Waals surface area contributed by atoms with E-state index in [2.05, 4.69) is 26.0 Å². The first-order valence-corrected chi connectivity index (χ1v) is 4.88. The zero-order valence-electron chi connectivity index (χ0n) is 8.57. The van der Waals surface area contributed by atoms with E-state index in [9.17, 15) is 0 Å². The molecular formula is C12H15O2. The van der Waals surface area contributed by atoms with Gasteiger partial charge in [-0.05, 0) is 31.9 Å². The smallest absolute Gasteiger partial charge is 0.156 e. The predicted molar refractivity (Wildman–Crippen MR) is 54.7 cm³/mol. The lowest BCUT2D eigenvalue weighted by atomic mass is 10.0. The molecule has 0 bridgehead atoms. The summed E-state index contributed by atoms with van der Waals surface area (Å²) in [7, 11) is 0. The van der Waals surface area contributed by atoms with Crippen molar-refractivity contribution in [2.75, 3.05) is 0 Å². The molecule has 1 heterocycles. The fraction of sp³-hybridized carbons (Fsp3) is 0.417. The summed E-state index contributed by atoms with van der Waals surface area (Å²) < 4.78 is 11.1. The number of hydrogen-bond donors (Lipinski definition) is 0. The average Bonchev–Trinajstić information content (AvgIpc) is 2.46. The third-order valence-electron chi connectivity index (χ3n) is 2.54. The highest BCUT2D eigenvalue weighted by Crippen LogP contribution is 2.33. The SMILES string of the molecule is [CH2][C@H]1OC(C)O[C@@H]1c1ccccc1C. The molecule has 1 aromatic carbocycles. The Morgan fingerprint density at radius 3 is 2.50 bits per heavy atom. The van der Waals surface area contributed by atoms with Crippen LogP contribution in [-0.2, 0) is 9.47 Å². The van der Waals surface area contributed by atoms with Gasteiger partial charge in [-0.15, -0.1) is 0 Å². The maximum absolute atomic E-state index is 5.66. The summed E-state index contributed by atoms with van der Waals surface area (Å²) in [5, 5.41) is 0. The van der Waals surface area contributed by atoms with E-state index in [1.807, 2.05) is 19.1 Å². The Balaban J connectivity index is 2.27. The van der Waals surface area contributed by atoms with Crippen LogP contribution in [0.2, 0.25) is 0 Å². The highest BCUT2D eigenvalue weighted by atomic mass is 16.7. The molecule has 3 atom stereocenters. The second kappa shape index (κ2) is 3.71. The molecule has 1 aliphatic rings. The van der Waals surface area contributed by atoms with Crippen LogP contribution >= 0.6 is 0 Å². The molecule has 0 spiro atoms. The molecule has 2 rings (SSSR count). The Kier molecular flexibility index (Phi) is 2.57. The monoisotopic (exact) mass is 191 g/mol. The highest BCUT2D eigenvalue weighted by Gasteiger charge is 2.32. The molecule has 0 N–H and O–H groups in total. The second-order valence-electron chi connectivity index (χ2n) is 3.66. The van der Waals surface area contributed by atoms with Gasteiger partial charge in [0, 0.05) is 0 Å². The van der Waals surface area contributed by atoms with Gasteiger partial charge in [-0.1, -0.05) is 24.3 Å². The third kappa shape index (κ3) is 1.68. The molecule has 0 aliphatic carbocycles. The van der Waals surface area contributed by atoms with E-state index in [-0.39, 0.29) is 18.5 Å². The van der Waals surface area contributed by atoms with Crippen LogP contribution in [0.5, 0.6) is 0 Å². The van der Waals surface area contributed by atoms with E-state index < -0.39 is 0 Å². The molecule has 1 fully saturated rings. The zero-order valence-corrected chi connectivity index (χ0v) is 8.57. The topological polar surface area (TPSA) is 18.5 Å². The molecular weight excluding hydrogens is 176 g/mol. The fourth-order valence-electron chi connectivity index (χ4n) is 1.82. The van der Waals surface area contributed by atoms with E-state index in [4.69, 9.17) is 9.47 Å². The maximum Gasteiger partial charge on any atom is 0.156 e. The Morgan fingerprint density at radius 2 is 1.93 bits per heavy atom. The van der Waals surface area contributed by atoms with Gasteiger partial charge < -0.3 is 9.47 Å². The fourth-order valence-corrected chi connectivity index (χ4v) is 1.82. The van der Waals surface area contributed by atoms with Gasteiger partial charge in [0.1, 0.15) is 6.10 Å². The van der Waals surface area contributed by atoms with Crippen molar-refractivity contribution in [3.8, 4) is 0 Å². The summed E-state index contributed by atoms with van der Waals surface area (Å²) in [5.74, 6) is 0. The minimum Gasteiger partial charge on any atom is -0.347 e. The van der Waals surface area contributed by atoms with Crippen molar-refractivity contribution >= 4 is 0 Å². The lowest BCUT2D eigenvalue weighted by molar-refractivity contribution is -0.0475. The predicted octanol–water partition coefficient (Wildman–Crippen LogP) is 2.63. The number of hydrogen-bond acceptors (Lipinski definition) is 2. The summed E-state index contributed by atoms with van der Waals surface area (Å²) in [6.45, 7) is 7.92. The van der Waals surface area contributed by atoms with Crippen molar-refractivity contribution in [3.05, 3.63) is 42.3 Å². The molecule has 14 heavy (non-hydrogen) atoms. The van der Waals surface area contributed by atoms with E-state index in [0.29, 0.717) is 0 Å². The third-order valence-corrected chi connectivity index (χ3v) is 2.54. The first-order chi connectivity index (χ1) is 6.68. The number of rotatable bonds is 1. The lowest BCUT2D eigenvalue weighted by Gasteiger charge is -2.15. The van der Waals surface area contributed by atoms with Gasteiger partial charge >= 0.3 is 0 Å². The quantitative estimate of drug-likeness (QED) is 0.679. The molecule has 1 unspecified atom stereocenters. The molecule has 2 heteroatoms. The van der Waals surface area contributed by atoms with Crippen molar-refractivity contribution < 1.29 is 9.47 Å². The summed E-state index contributed by atoms with van der Waals surface area (Å²) in [6, 6.07) is 8.19. The maximum atomic E-state index is 5.66. The first-order valence-electron chi connectivity index (χ1n) is 4.88. The van der Waals surface area contributed by atoms with Crippen molar-refractivity contribution in [2.24, 2.45) is 0 Å². The van der Waals surface area contributed by atoms with Crippen LogP contribution in [0.25, 0.3) is 0 Å². The van der Waals surface area contributed by atoms with Crippen LogP contribution in [0.1, 0.15) is 24.2 Å². The minimum atomic E-state index is -0.151. The number of aryl methyl sites for hydroxylation is 1. The average molecular weight is 191 g/mol. The summed E-state index contributed by atoms with van der Waals surface area (Å²) in [5.41, 5.74) is 2.40. The van der Waals surface area contributed by atoms with E-state index in [0.717, 1.165) is 0 Å². The largest absolute Gasteiger partial charge is 0.347 e. The Morgan fingerprint density at radius 1 is 1.21 bits per heavy atom. The molecule has 75 valence electrons. The molecule has 1 saturated heterocycles. The van der Waals surface area contributed by atoms with E-state index in [1.54, 1.807) is 0 Å². The van der Waals surface area contributed by atoms with Crippen LogP contribution < -0.4 is 0 Å². The van der Waals surface area contributed by atoms with Gasteiger partial charge in [-0.3, -0.25) is 0 Å². The molecule has 1 aromatic rings. The molecule has 2 nitrogen and oxygen atoms in total. The van der Waals surface area contributed by atoms with Crippen molar-refractivity contribution in [3.63, 3.8) is 0 Å². The van der Waals surface area contributed by atoms with Crippen LogP contribution in [0.4, 0.5) is 0 Å². The van der Waals surface area contributed by atoms with Crippen LogP contribution in [0.3, 0.4) is 0 Å². The van der Waals surface area contributed by atoms with Gasteiger partial charge in [0.2, 0.25) is 0 Å². The first kappa shape index (κ1) is 9.69. The summed E-state index contributed by atoms with van der Waals surface area (Å²) in [6.07, 6.45) is -0.278. The van der Waals surface area contributed by atoms with Gasteiger partial charge in [0.05, 0.1) is 6.10 Å². The van der Waals surface area contributed by atoms with Crippen molar-refractivity contribution in [1.82, 2.24) is 0 Å². The molecule has 0 amide bonds. The standard InChI is InChI=1S/C12H15O2/c1-8-6-4-5-7-11(8)12-9(2)13-10(3)14-12/h4-7,9-10,12H,2H2,1,3H3/t9-,10?,12+/m1/s1. The van der Waals surface area contributed by atoms with E-state index in [1.165, 1.54) is 11.1 Å².